The molecule has 8 heteroatoms. The lowest BCUT2D eigenvalue weighted by Crippen LogP contribution is -2.34. The van der Waals surface area contributed by atoms with Crippen LogP contribution >= 0.6 is 0 Å². The molecule has 112 valence electrons. The molecule has 1 aromatic rings. The molecule has 0 bridgehead atoms. The quantitative estimate of drug-likeness (QED) is 0.840. The molecule has 0 aromatic carbocycles. The number of ether oxygens (including phenoxy) is 1. The van der Waals surface area contributed by atoms with E-state index in [1.165, 1.54) is 0 Å². The summed E-state index contributed by atoms with van der Waals surface area (Å²) >= 11 is 0. The molecule has 1 saturated carbocycles. The second-order valence-corrected chi connectivity index (χ2v) is 7.26. The van der Waals surface area contributed by atoms with E-state index in [0.29, 0.717) is 24.2 Å². The molecule has 1 unspecified atom stereocenters. The number of sulfonamides is 1. The Labute approximate surface area is 118 Å². The van der Waals surface area contributed by atoms with Crippen LogP contribution in [0.15, 0.2) is 4.52 Å². The summed E-state index contributed by atoms with van der Waals surface area (Å²) < 4.78 is 36.9. The normalized spacial score (nSPS) is 23.9. The van der Waals surface area contributed by atoms with E-state index in [1.807, 2.05) is 0 Å². The van der Waals surface area contributed by atoms with Crippen LogP contribution < -0.4 is 4.72 Å². The van der Waals surface area contributed by atoms with Crippen molar-refractivity contribution in [1.29, 1.82) is 0 Å². The molecule has 1 aliphatic heterocycles. The fourth-order valence-corrected chi connectivity index (χ4v) is 3.47. The lowest BCUT2D eigenvalue weighted by atomic mass is 10.1. The fourth-order valence-electron chi connectivity index (χ4n) is 2.26. The number of nitrogens with zero attached hydrogens (tertiary/aromatic N) is 2. The first-order chi connectivity index (χ1) is 9.62. The lowest BCUT2D eigenvalue weighted by Gasteiger charge is -2.22. The van der Waals surface area contributed by atoms with Crippen LogP contribution in [0.3, 0.4) is 0 Å². The Balaban J connectivity index is 1.50. The summed E-state index contributed by atoms with van der Waals surface area (Å²) in [7, 11) is -3.38. The largest absolute Gasteiger partial charge is 0.377 e. The van der Waals surface area contributed by atoms with Crippen LogP contribution in [0, 0.1) is 0 Å². The van der Waals surface area contributed by atoms with Gasteiger partial charge in [0.25, 0.3) is 0 Å². The molecule has 20 heavy (non-hydrogen) atoms. The maximum Gasteiger partial charge on any atom is 0.241 e. The Morgan fingerprint density at radius 1 is 1.25 bits per heavy atom. The van der Waals surface area contributed by atoms with Gasteiger partial charge in [-0.05, 0) is 32.1 Å². The van der Waals surface area contributed by atoms with Gasteiger partial charge in [-0.15, -0.1) is 0 Å². The Bertz CT molecular complexity index is 547. The van der Waals surface area contributed by atoms with Crippen molar-refractivity contribution in [2.24, 2.45) is 0 Å². The van der Waals surface area contributed by atoms with Crippen molar-refractivity contribution in [3.8, 4) is 0 Å². The van der Waals surface area contributed by atoms with Gasteiger partial charge in [0, 0.05) is 12.5 Å². The monoisotopic (exact) mass is 301 g/mol. The highest BCUT2D eigenvalue weighted by Gasteiger charge is 2.29. The zero-order chi connectivity index (χ0) is 14.0. The van der Waals surface area contributed by atoms with Gasteiger partial charge in [-0.1, -0.05) is 5.16 Å². The molecule has 0 spiro atoms. The molecule has 0 amide bonds. The molecule has 0 radical (unpaired) electrons. The van der Waals surface area contributed by atoms with E-state index in [0.717, 1.165) is 32.1 Å². The molecule has 2 aliphatic rings. The minimum atomic E-state index is -3.38. The highest BCUT2D eigenvalue weighted by atomic mass is 32.2. The zero-order valence-corrected chi connectivity index (χ0v) is 12.1. The first-order valence-electron chi connectivity index (χ1n) is 7.04. The number of rotatable bonds is 6. The average Bonchev–Trinajstić information content (AvgIpc) is 3.16. The van der Waals surface area contributed by atoms with E-state index < -0.39 is 10.0 Å². The molecule has 1 aliphatic carbocycles. The Morgan fingerprint density at radius 2 is 2.10 bits per heavy atom. The van der Waals surface area contributed by atoms with E-state index in [4.69, 9.17) is 9.26 Å². The van der Waals surface area contributed by atoms with Gasteiger partial charge in [0.05, 0.1) is 18.4 Å². The molecule has 1 atom stereocenters. The molecular formula is C12H19N3O4S. The minimum absolute atomic E-state index is 0.00335. The van der Waals surface area contributed by atoms with Crippen LogP contribution in [0.4, 0.5) is 0 Å². The third kappa shape index (κ3) is 3.77. The zero-order valence-electron chi connectivity index (χ0n) is 11.2. The number of nitrogens with one attached hydrogen (secondary N) is 1. The Hall–Kier alpha value is -0.990. The van der Waals surface area contributed by atoms with Crippen LogP contribution in [0.25, 0.3) is 0 Å². The lowest BCUT2D eigenvalue weighted by molar-refractivity contribution is 0.0304. The van der Waals surface area contributed by atoms with E-state index >= 15 is 0 Å². The summed E-state index contributed by atoms with van der Waals surface area (Å²) in [6.45, 7) is 0.698. The predicted octanol–water partition coefficient (Wildman–Crippen LogP) is 0.935. The highest BCUT2D eigenvalue weighted by molar-refractivity contribution is 7.89. The third-order valence-electron chi connectivity index (χ3n) is 3.55. The fraction of sp³-hybridized carbons (Fsp3) is 0.833. The maximum atomic E-state index is 11.9. The SMILES string of the molecule is O=S(=O)(CC1CCCCO1)NCc1nc(C2CC2)no1. The van der Waals surface area contributed by atoms with Crippen LogP contribution in [0.1, 0.15) is 49.7 Å². The molecule has 1 saturated heterocycles. The van der Waals surface area contributed by atoms with E-state index in [9.17, 15) is 8.42 Å². The van der Waals surface area contributed by atoms with Crippen molar-refractivity contribution in [3.05, 3.63) is 11.7 Å². The molecule has 2 fully saturated rings. The number of hydrogen-bond acceptors (Lipinski definition) is 6. The summed E-state index contributed by atoms with van der Waals surface area (Å²) in [5, 5.41) is 3.85. The van der Waals surface area contributed by atoms with Gasteiger partial charge < -0.3 is 9.26 Å². The van der Waals surface area contributed by atoms with Crippen LogP contribution in [-0.4, -0.2) is 37.0 Å². The Morgan fingerprint density at radius 3 is 2.80 bits per heavy atom. The minimum Gasteiger partial charge on any atom is -0.377 e. The van der Waals surface area contributed by atoms with Crippen molar-refractivity contribution in [2.75, 3.05) is 12.4 Å². The van der Waals surface area contributed by atoms with Crippen molar-refractivity contribution in [3.63, 3.8) is 0 Å². The van der Waals surface area contributed by atoms with Crippen LogP contribution in [0.5, 0.6) is 0 Å². The summed E-state index contributed by atoms with van der Waals surface area (Å²) in [5.41, 5.74) is 0. The summed E-state index contributed by atoms with van der Waals surface area (Å²) in [6.07, 6.45) is 4.80. The average molecular weight is 301 g/mol. The molecule has 3 rings (SSSR count). The van der Waals surface area contributed by atoms with E-state index in [-0.39, 0.29) is 18.4 Å². The number of hydrogen-bond donors (Lipinski definition) is 1. The molecule has 1 aromatic heterocycles. The first kappa shape index (κ1) is 14.0. The smallest absolute Gasteiger partial charge is 0.241 e. The van der Waals surface area contributed by atoms with Crippen LogP contribution in [-0.2, 0) is 21.3 Å². The maximum absolute atomic E-state index is 11.9. The second kappa shape index (κ2) is 5.79. The van der Waals surface area contributed by atoms with Gasteiger partial charge >= 0.3 is 0 Å². The van der Waals surface area contributed by atoms with Crippen molar-refractivity contribution >= 4 is 10.0 Å². The molecule has 7 nitrogen and oxygen atoms in total. The first-order valence-corrected chi connectivity index (χ1v) is 8.69. The summed E-state index contributed by atoms with van der Waals surface area (Å²) in [5.74, 6) is 1.41. The Kier molecular flexibility index (Phi) is 4.04. The highest BCUT2D eigenvalue weighted by Crippen LogP contribution is 2.38. The van der Waals surface area contributed by atoms with Gasteiger partial charge in [0.15, 0.2) is 5.82 Å². The van der Waals surface area contributed by atoms with Gasteiger partial charge in [-0.2, -0.15) is 4.98 Å². The van der Waals surface area contributed by atoms with E-state index in [2.05, 4.69) is 14.9 Å². The summed E-state index contributed by atoms with van der Waals surface area (Å²) in [6, 6.07) is 0. The van der Waals surface area contributed by atoms with Crippen molar-refractivity contribution < 1.29 is 17.7 Å². The van der Waals surface area contributed by atoms with E-state index in [1.54, 1.807) is 0 Å². The van der Waals surface area contributed by atoms with Crippen molar-refractivity contribution in [1.82, 2.24) is 14.9 Å². The third-order valence-corrected chi connectivity index (χ3v) is 4.94. The number of aromatic nitrogens is 2. The van der Waals surface area contributed by atoms with Crippen LogP contribution in [0.2, 0.25) is 0 Å². The topological polar surface area (TPSA) is 94.3 Å². The second-order valence-electron chi connectivity index (χ2n) is 5.41. The van der Waals surface area contributed by atoms with Gasteiger partial charge in [0.2, 0.25) is 15.9 Å². The van der Waals surface area contributed by atoms with Gasteiger partial charge in [0.1, 0.15) is 0 Å². The molecule has 1 N–H and O–H groups in total. The van der Waals surface area contributed by atoms with Gasteiger partial charge in [-0.25, -0.2) is 13.1 Å². The molecular weight excluding hydrogens is 282 g/mol. The molecule has 2 heterocycles. The summed E-state index contributed by atoms with van der Waals surface area (Å²) in [4.78, 5) is 4.19. The predicted molar refractivity (Wildman–Crippen MR) is 70.5 cm³/mol. The van der Waals surface area contributed by atoms with Crippen molar-refractivity contribution in [2.45, 2.75) is 50.7 Å². The standard InChI is InChI=1S/C12H19N3O4S/c16-20(17,8-10-3-1-2-6-18-10)13-7-11-14-12(15-19-11)9-4-5-9/h9-10,13H,1-8H2. The van der Waals surface area contributed by atoms with Gasteiger partial charge in [-0.3, -0.25) is 0 Å².